The van der Waals surface area contributed by atoms with E-state index < -0.39 is 12.1 Å². The molecule has 0 aromatic heterocycles. The van der Waals surface area contributed by atoms with E-state index in [-0.39, 0.29) is 37.3 Å². The molecule has 7 heteroatoms. The van der Waals surface area contributed by atoms with Crippen LogP contribution in [-0.2, 0) is 14.3 Å². The summed E-state index contributed by atoms with van der Waals surface area (Å²) in [4.78, 5) is 35.5. The average molecular weight is 477 g/mol. The number of carboxylic acids is 1. The molecule has 2 aliphatic carbocycles. The number of amides is 2. The summed E-state index contributed by atoms with van der Waals surface area (Å²) in [5.41, 5.74) is 4.64. The number of nitrogens with one attached hydrogen (secondary N) is 2. The number of carboxylic acid groups (broad SMARTS) is 1. The van der Waals surface area contributed by atoms with Crippen LogP contribution in [0.2, 0.25) is 0 Å². The molecular weight excluding hydrogens is 444 g/mol. The Morgan fingerprint density at radius 1 is 0.971 bits per heavy atom. The van der Waals surface area contributed by atoms with E-state index >= 15 is 0 Å². The number of rotatable bonds is 10. The summed E-state index contributed by atoms with van der Waals surface area (Å²) in [6, 6.07) is 16.3. The molecule has 7 nitrogen and oxygen atoms in total. The lowest BCUT2D eigenvalue weighted by atomic mass is 9.88. The van der Waals surface area contributed by atoms with Gasteiger partial charge in [-0.05, 0) is 34.1 Å². The first kappa shape index (κ1) is 24.5. The van der Waals surface area contributed by atoms with E-state index in [0.717, 1.165) is 36.8 Å². The van der Waals surface area contributed by atoms with Crippen molar-refractivity contribution in [2.75, 3.05) is 19.7 Å². The molecule has 1 atom stereocenters. The zero-order valence-electron chi connectivity index (χ0n) is 19.7. The summed E-state index contributed by atoms with van der Waals surface area (Å²) in [5.74, 6) is -0.836. The van der Waals surface area contributed by atoms with Gasteiger partial charge in [0.2, 0.25) is 5.91 Å². The van der Waals surface area contributed by atoms with Crippen LogP contribution in [0.25, 0.3) is 11.1 Å². The molecule has 0 saturated heterocycles. The van der Waals surface area contributed by atoms with E-state index in [1.165, 1.54) is 17.2 Å². The Kier molecular flexibility index (Phi) is 8.19. The molecular formula is C28H32N2O5. The molecule has 3 N–H and O–H groups in total. The molecule has 0 aliphatic heterocycles. The SMILES string of the molecule is O=C(O)CC(CNC(=O)/C=C/CNC(=O)OCC1c2ccccc2-c2ccccc21)C1CCCC1. The Balaban J connectivity index is 1.20. The Morgan fingerprint density at radius 3 is 2.23 bits per heavy atom. The van der Waals surface area contributed by atoms with Gasteiger partial charge in [0, 0.05) is 25.1 Å². The van der Waals surface area contributed by atoms with E-state index in [2.05, 4.69) is 34.9 Å². The topological polar surface area (TPSA) is 105 Å². The molecule has 2 amide bonds. The van der Waals surface area contributed by atoms with Gasteiger partial charge in [-0.15, -0.1) is 0 Å². The van der Waals surface area contributed by atoms with E-state index in [4.69, 9.17) is 9.84 Å². The molecule has 1 saturated carbocycles. The highest BCUT2D eigenvalue weighted by molar-refractivity contribution is 5.87. The number of benzene rings is 2. The third-order valence-corrected chi connectivity index (χ3v) is 7.02. The highest BCUT2D eigenvalue weighted by Gasteiger charge is 2.29. The lowest BCUT2D eigenvalue weighted by Crippen LogP contribution is -2.32. The number of hydrogen-bond donors (Lipinski definition) is 3. The van der Waals surface area contributed by atoms with Crippen molar-refractivity contribution in [2.45, 2.75) is 38.0 Å². The van der Waals surface area contributed by atoms with Gasteiger partial charge in [-0.1, -0.05) is 80.3 Å². The second kappa shape index (κ2) is 11.7. The van der Waals surface area contributed by atoms with Crippen molar-refractivity contribution in [2.24, 2.45) is 11.8 Å². The van der Waals surface area contributed by atoms with E-state index in [1.807, 2.05) is 24.3 Å². The second-order valence-corrected chi connectivity index (χ2v) is 9.26. The number of alkyl carbamates (subject to hydrolysis) is 1. The van der Waals surface area contributed by atoms with Crippen LogP contribution >= 0.6 is 0 Å². The molecule has 35 heavy (non-hydrogen) atoms. The van der Waals surface area contributed by atoms with Crippen molar-refractivity contribution in [1.29, 1.82) is 0 Å². The second-order valence-electron chi connectivity index (χ2n) is 9.26. The van der Waals surface area contributed by atoms with Gasteiger partial charge in [0.1, 0.15) is 6.61 Å². The van der Waals surface area contributed by atoms with Crippen LogP contribution in [0.15, 0.2) is 60.7 Å². The van der Waals surface area contributed by atoms with Crippen LogP contribution in [0.3, 0.4) is 0 Å². The predicted molar refractivity (Wildman–Crippen MR) is 133 cm³/mol. The fraction of sp³-hybridized carbons (Fsp3) is 0.393. The Morgan fingerprint density at radius 2 is 1.60 bits per heavy atom. The Hall–Kier alpha value is -3.61. The van der Waals surface area contributed by atoms with Crippen molar-refractivity contribution in [1.82, 2.24) is 10.6 Å². The zero-order chi connectivity index (χ0) is 24.6. The zero-order valence-corrected chi connectivity index (χ0v) is 19.7. The van der Waals surface area contributed by atoms with Gasteiger partial charge in [0.25, 0.3) is 0 Å². The minimum absolute atomic E-state index is 0.00640. The fourth-order valence-corrected chi connectivity index (χ4v) is 5.31. The summed E-state index contributed by atoms with van der Waals surface area (Å²) in [5, 5.41) is 14.6. The number of fused-ring (bicyclic) bond motifs is 3. The molecule has 0 spiro atoms. The molecule has 2 aromatic carbocycles. The molecule has 4 rings (SSSR count). The molecule has 0 heterocycles. The van der Waals surface area contributed by atoms with Gasteiger partial charge in [0.05, 0.1) is 6.42 Å². The third-order valence-electron chi connectivity index (χ3n) is 7.02. The quantitative estimate of drug-likeness (QED) is 0.439. The minimum Gasteiger partial charge on any atom is -0.481 e. The van der Waals surface area contributed by atoms with Crippen LogP contribution in [0.5, 0.6) is 0 Å². The van der Waals surface area contributed by atoms with E-state index in [0.29, 0.717) is 12.5 Å². The standard InChI is InChI=1S/C28H32N2O5/c31-26(30-17-20(16-27(32)33)19-8-1-2-9-19)14-7-15-29-28(34)35-18-25-23-12-5-3-10-21(23)22-11-4-6-13-24(22)25/h3-7,10-14,19-20,25H,1-2,8-9,15-18H2,(H,29,34)(H,30,31)(H,32,33)/b14-7+. The normalized spacial score (nSPS) is 16.0. The van der Waals surface area contributed by atoms with Gasteiger partial charge < -0.3 is 20.5 Å². The van der Waals surface area contributed by atoms with Crippen molar-refractivity contribution >= 4 is 18.0 Å². The Labute approximate surface area is 205 Å². The van der Waals surface area contributed by atoms with Crippen LogP contribution in [-0.4, -0.2) is 42.8 Å². The van der Waals surface area contributed by atoms with Crippen LogP contribution in [0, 0.1) is 11.8 Å². The molecule has 184 valence electrons. The minimum atomic E-state index is -0.834. The number of aliphatic carboxylic acids is 1. The van der Waals surface area contributed by atoms with Crippen LogP contribution in [0.4, 0.5) is 4.79 Å². The van der Waals surface area contributed by atoms with Gasteiger partial charge >= 0.3 is 12.1 Å². The van der Waals surface area contributed by atoms with Crippen molar-refractivity contribution in [3.05, 3.63) is 71.8 Å². The summed E-state index contributed by atoms with van der Waals surface area (Å²) < 4.78 is 5.48. The first-order valence-corrected chi connectivity index (χ1v) is 12.3. The Bertz CT molecular complexity index is 1040. The van der Waals surface area contributed by atoms with Crippen LogP contribution < -0.4 is 10.6 Å². The summed E-state index contributed by atoms with van der Waals surface area (Å²) in [6.45, 7) is 0.738. The number of ether oxygens (including phenoxy) is 1. The largest absolute Gasteiger partial charge is 0.481 e. The lowest BCUT2D eigenvalue weighted by Gasteiger charge is -2.21. The smallest absolute Gasteiger partial charge is 0.407 e. The molecule has 1 unspecified atom stereocenters. The lowest BCUT2D eigenvalue weighted by molar-refractivity contribution is -0.138. The highest BCUT2D eigenvalue weighted by Crippen LogP contribution is 2.44. The summed E-state index contributed by atoms with van der Waals surface area (Å²) >= 11 is 0. The molecule has 2 aliphatic rings. The number of carbonyl (C=O) groups excluding carboxylic acids is 2. The van der Waals surface area contributed by atoms with Crippen molar-refractivity contribution in [3.8, 4) is 11.1 Å². The maximum absolute atomic E-state index is 12.2. The van der Waals surface area contributed by atoms with Gasteiger partial charge in [-0.3, -0.25) is 9.59 Å². The van der Waals surface area contributed by atoms with E-state index in [9.17, 15) is 14.4 Å². The van der Waals surface area contributed by atoms with Gasteiger partial charge in [0.15, 0.2) is 0 Å². The van der Waals surface area contributed by atoms with Gasteiger partial charge in [-0.2, -0.15) is 0 Å². The number of carbonyl (C=O) groups is 3. The van der Waals surface area contributed by atoms with E-state index in [1.54, 1.807) is 6.08 Å². The van der Waals surface area contributed by atoms with Crippen molar-refractivity contribution in [3.63, 3.8) is 0 Å². The number of hydrogen-bond acceptors (Lipinski definition) is 4. The molecule has 0 radical (unpaired) electrons. The average Bonchev–Trinajstić information content (AvgIpc) is 3.50. The first-order chi connectivity index (χ1) is 17.0. The maximum Gasteiger partial charge on any atom is 0.407 e. The predicted octanol–water partition coefficient (Wildman–Crippen LogP) is 4.48. The monoisotopic (exact) mass is 476 g/mol. The highest BCUT2D eigenvalue weighted by atomic mass is 16.5. The molecule has 1 fully saturated rings. The summed E-state index contributed by atoms with van der Waals surface area (Å²) in [7, 11) is 0. The first-order valence-electron chi connectivity index (χ1n) is 12.3. The maximum atomic E-state index is 12.2. The summed E-state index contributed by atoms with van der Waals surface area (Å²) in [6.07, 6.45) is 6.72. The van der Waals surface area contributed by atoms with Crippen molar-refractivity contribution < 1.29 is 24.2 Å². The third kappa shape index (κ3) is 6.29. The molecule has 2 aromatic rings. The fourth-order valence-electron chi connectivity index (χ4n) is 5.31. The van der Waals surface area contributed by atoms with Gasteiger partial charge in [-0.25, -0.2) is 4.79 Å². The molecule has 0 bridgehead atoms. The van der Waals surface area contributed by atoms with Crippen LogP contribution in [0.1, 0.15) is 49.1 Å².